The molecule has 48 heavy (non-hydrogen) atoms. The van der Waals surface area contributed by atoms with Crippen LogP contribution in [0.3, 0.4) is 0 Å². The molecule has 2 N–H and O–H groups in total. The molecule has 0 bridgehead atoms. The van der Waals surface area contributed by atoms with Gasteiger partial charge in [0.2, 0.25) is 16.8 Å². The fourth-order valence-corrected chi connectivity index (χ4v) is 6.94. The second-order valence-corrected chi connectivity index (χ2v) is 13.9. The highest BCUT2D eigenvalue weighted by molar-refractivity contribution is 7.89. The number of primary sulfonamides is 1. The monoisotopic (exact) mass is 664 g/mol. The van der Waals surface area contributed by atoms with Gasteiger partial charge < -0.3 is 14.0 Å². The van der Waals surface area contributed by atoms with Crippen LogP contribution in [0.5, 0.6) is 11.5 Å². The third-order valence-corrected chi connectivity index (χ3v) is 9.80. The van der Waals surface area contributed by atoms with Crippen LogP contribution in [0.15, 0.2) is 108 Å². The molecule has 1 aliphatic heterocycles. The first-order chi connectivity index (χ1) is 23.4. The van der Waals surface area contributed by atoms with Crippen molar-refractivity contribution in [3.8, 4) is 34.1 Å². The number of fused-ring (bicyclic) bond motifs is 1. The first-order valence-electron chi connectivity index (χ1n) is 16.8. The number of aromatic nitrogens is 2. The van der Waals surface area contributed by atoms with Crippen LogP contribution in [0, 0.1) is 0 Å². The van der Waals surface area contributed by atoms with Crippen molar-refractivity contribution in [2.75, 3.05) is 6.79 Å². The van der Waals surface area contributed by atoms with E-state index in [4.69, 9.17) is 19.6 Å². The zero-order chi connectivity index (χ0) is 33.5. The molecule has 0 amide bonds. The van der Waals surface area contributed by atoms with E-state index in [1.54, 1.807) is 12.1 Å². The van der Waals surface area contributed by atoms with Crippen molar-refractivity contribution in [1.29, 1.82) is 0 Å². The maximum absolute atomic E-state index is 12.1. The Hall–Kier alpha value is -4.44. The summed E-state index contributed by atoms with van der Waals surface area (Å²) < 4.78 is 38.0. The first kappa shape index (κ1) is 33.5. The lowest BCUT2D eigenvalue weighted by Gasteiger charge is -2.34. The molecule has 5 aromatic rings. The summed E-state index contributed by atoms with van der Waals surface area (Å²) in [6, 6.07) is 34.0. The van der Waals surface area contributed by atoms with Gasteiger partial charge in [-0.1, -0.05) is 112 Å². The first-order valence-corrected chi connectivity index (χ1v) is 18.4. The molecule has 0 spiro atoms. The quantitative estimate of drug-likeness (QED) is 0.121. The Bertz CT molecular complexity index is 1910. The van der Waals surface area contributed by atoms with Gasteiger partial charge in [0.1, 0.15) is 5.82 Å². The lowest BCUT2D eigenvalue weighted by atomic mass is 9.98. The van der Waals surface area contributed by atoms with Crippen LogP contribution < -0.4 is 14.6 Å². The van der Waals surface area contributed by atoms with E-state index in [1.165, 1.54) is 5.69 Å². The third kappa shape index (κ3) is 7.65. The number of ether oxygens (including phenoxy) is 2. The number of benzene rings is 4. The molecule has 0 saturated carbocycles. The predicted molar refractivity (Wildman–Crippen MR) is 190 cm³/mol. The van der Waals surface area contributed by atoms with Gasteiger partial charge in [-0.25, -0.2) is 18.5 Å². The van der Waals surface area contributed by atoms with Crippen LogP contribution in [0.1, 0.15) is 68.8 Å². The number of unbranched alkanes of at least 4 members (excludes halogenated alkanes) is 2. The number of nitrogens with two attached hydrogens (primary N) is 1. The largest absolute Gasteiger partial charge is 0.454 e. The number of hydrogen-bond donors (Lipinski definition) is 1. The molecule has 1 aromatic heterocycles. The van der Waals surface area contributed by atoms with Gasteiger partial charge in [0.05, 0.1) is 22.3 Å². The van der Waals surface area contributed by atoms with Crippen LogP contribution in [-0.2, 0) is 29.7 Å². The summed E-state index contributed by atoms with van der Waals surface area (Å²) in [4.78, 5) is 8.04. The molecule has 1 aliphatic rings. The number of rotatable bonds is 15. The summed E-state index contributed by atoms with van der Waals surface area (Å²) in [6.07, 6.45) is 5.08. The molecule has 6 rings (SSSR count). The molecule has 8 nitrogen and oxygen atoms in total. The van der Waals surface area contributed by atoms with E-state index in [9.17, 15) is 8.42 Å². The van der Waals surface area contributed by atoms with Gasteiger partial charge in [-0.2, -0.15) is 0 Å². The lowest BCUT2D eigenvalue weighted by molar-refractivity contribution is 0.159. The second-order valence-electron chi connectivity index (χ2n) is 12.3. The molecule has 2 heterocycles. The van der Waals surface area contributed by atoms with Gasteiger partial charge in [0.25, 0.3) is 0 Å². The third-order valence-electron chi connectivity index (χ3n) is 8.87. The normalized spacial score (nSPS) is 13.2. The molecule has 1 atom stereocenters. The van der Waals surface area contributed by atoms with Crippen molar-refractivity contribution >= 4 is 10.0 Å². The van der Waals surface area contributed by atoms with E-state index in [1.807, 2.05) is 30.3 Å². The molecule has 0 fully saturated rings. The van der Waals surface area contributed by atoms with Gasteiger partial charge >= 0.3 is 0 Å². The smallest absolute Gasteiger partial charge is 0.238 e. The van der Waals surface area contributed by atoms with Crippen molar-refractivity contribution in [3.63, 3.8) is 0 Å². The Morgan fingerprint density at radius 3 is 2.08 bits per heavy atom. The number of imidazole rings is 1. The molecule has 1 unspecified atom stereocenters. The average molecular weight is 665 g/mol. The minimum absolute atomic E-state index is 0.00897. The summed E-state index contributed by atoms with van der Waals surface area (Å²) in [6.45, 7) is 6.74. The second kappa shape index (κ2) is 15.2. The van der Waals surface area contributed by atoms with Crippen molar-refractivity contribution in [2.45, 2.75) is 76.5 Å². The lowest BCUT2D eigenvalue weighted by Crippen LogP contribution is -2.30. The summed E-state index contributed by atoms with van der Waals surface area (Å²) in [7, 11) is -3.80. The van der Waals surface area contributed by atoms with Crippen LogP contribution >= 0.6 is 0 Å². The van der Waals surface area contributed by atoms with Gasteiger partial charge in [0.15, 0.2) is 11.5 Å². The Balaban J connectivity index is 1.53. The van der Waals surface area contributed by atoms with E-state index in [0.717, 1.165) is 83.9 Å². The SMILES string of the molecule is CCCCC(c1c(-c2ccccc2)nc(-c2ccccc2)n1CCCC)N(Cc1ccc(S(N)(=O)=O)cc1)Cc1ccc2c(c1)OCO2. The topological polar surface area (TPSA) is 99.7 Å². The molecule has 0 radical (unpaired) electrons. The maximum atomic E-state index is 12.1. The molecule has 250 valence electrons. The fraction of sp³-hybridized carbons (Fsp3) is 0.308. The Morgan fingerprint density at radius 2 is 1.42 bits per heavy atom. The van der Waals surface area contributed by atoms with Gasteiger partial charge in [-0.05, 0) is 48.2 Å². The van der Waals surface area contributed by atoms with E-state index >= 15 is 0 Å². The van der Waals surface area contributed by atoms with E-state index < -0.39 is 10.0 Å². The number of hydrogen-bond acceptors (Lipinski definition) is 6. The van der Waals surface area contributed by atoms with Crippen LogP contribution in [0.4, 0.5) is 0 Å². The van der Waals surface area contributed by atoms with E-state index in [2.05, 4.69) is 84.0 Å². The van der Waals surface area contributed by atoms with Gasteiger partial charge in [-0.15, -0.1) is 0 Å². The summed E-state index contributed by atoms with van der Waals surface area (Å²) in [5.41, 5.74) is 6.46. The Morgan fingerprint density at radius 1 is 0.792 bits per heavy atom. The molecule has 0 saturated heterocycles. The van der Waals surface area contributed by atoms with Crippen molar-refractivity contribution in [3.05, 3.63) is 120 Å². The molecular formula is C39H44N4O4S. The fourth-order valence-electron chi connectivity index (χ4n) is 6.42. The summed E-state index contributed by atoms with van der Waals surface area (Å²) in [5, 5.41) is 5.44. The van der Waals surface area contributed by atoms with Crippen LogP contribution in [0.25, 0.3) is 22.6 Å². The van der Waals surface area contributed by atoms with Gasteiger partial charge in [-0.3, -0.25) is 4.90 Å². The number of nitrogens with zero attached hydrogens (tertiary/aromatic N) is 3. The van der Waals surface area contributed by atoms with E-state index in [-0.39, 0.29) is 17.7 Å². The van der Waals surface area contributed by atoms with Crippen molar-refractivity contribution in [2.24, 2.45) is 5.14 Å². The minimum atomic E-state index is -3.80. The number of sulfonamides is 1. The zero-order valence-corrected chi connectivity index (χ0v) is 28.5. The summed E-state index contributed by atoms with van der Waals surface area (Å²) >= 11 is 0. The minimum Gasteiger partial charge on any atom is -0.454 e. The molecular weight excluding hydrogens is 621 g/mol. The highest BCUT2D eigenvalue weighted by Gasteiger charge is 2.31. The average Bonchev–Trinajstić information content (AvgIpc) is 3.73. The van der Waals surface area contributed by atoms with Crippen LogP contribution in [-0.4, -0.2) is 29.7 Å². The van der Waals surface area contributed by atoms with Gasteiger partial charge in [0, 0.05) is 30.8 Å². The summed E-state index contributed by atoms with van der Waals surface area (Å²) in [5.74, 6) is 2.47. The highest BCUT2D eigenvalue weighted by atomic mass is 32.2. The highest BCUT2D eigenvalue weighted by Crippen LogP contribution is 2.40. The van der Waals surface area contributed by atoms with E-state index in [0.29, 0.717) is 13.1 Å². The van der Waals surface area contributed by atoms with Crippen molar-refractivity contribution in [1.82, 2.24) is 14.5 Å². The Kier molecular flexibility index (Phi) is 10.6. The molecule has 0 aliphatic carbocycles. The molecule has 9 heteroatoms. The van der Waals surface area contributed by atoms with Crippen LogP contribution in [0.2, 0.25) is 0 Å². The zero-order valence-electron chi connectivity index (χ0n) is 27.7. The molecule has 4 aromatic carbocycles. The standard InChI is InChI=1S/C39H44N4O4S/c1-3-5-17-34(38-37(31-13-9-7-10-14-31)41-39(43(38)24-6-4-2)32-15-11-8-12-16-32)42(26-29-18-21-33(22-19-29)48(40,44)45)27-30-20-23-35-36(25-30)47-28-46-35/h7-16,18-23,25,34H,3-6,17,24,26-28H2,1-2H3,(H2,40,44,45). The maximum Gasteiger partial charge on any atom is 0.238 e. The Labute approximate surface area is 284 Å². The van der Waals surface area contributed by atoms with Crippen molar-refractivity contribution < 1.29 is 17.9 Å². The predicted octanol–water partition coefficient (Wildman–Crippen LogP) is 8.33.